The Kier molecular flexibility index (Phi) is 5.34. The number of para-hydroxylation sites is 1. The zero-order chi connectivity index (χ0) is 33.1. The van der Waals surface area contributed by atoms with Crippen LogP contribution in [0.3, 0.4) is 0 Å². The molecule has 0 aliphatic rings. The van der Waals surface area contributed by atoms with Crippen LogP contribution in [0.5, 0.6) is 0 Å². The molecule has 4 heterocycles. The Morgan fingerprint density at radius 2 is 1.04 bits per heavy atom. The fourth-order valence-electron chi connectivity index (χ4n) is 7.97. The Labute approximate surface area is 288 Å². The Morgan fingerprint density at radius 3 is 1.76 bits per heavy atom. The van der Waals surface area contributed by atoms with E-state index in [2.05, 4.69) is 118 Å². The predicted octanol–water partition coefficient (Wildman–Crippen LogP) is 11.9. The van der Waals surface area contributed by atoms with Crippen molar-refractivity contribution in [1.29, 1.82) is 10.5 Å². The number of nitrogens with zero attached hydrogens (tertiary/aromatic N) is 4. The first kappa shape index (κ1) is 27.1. The summed E-state index contributed by atoms with van der Waals surface area (Å²) < 4.78 is 13.5. The van der Waals surface area contributed by atoms with Crippen LogP contribution in [0, 0.1) is 22.7 Å². The van der Waals surface area contributed by atoms with Gasteiger partial charge in [0.2, 0.25) is 0 Å². The van der Waals surface area contributed by atoms with Crippen LogP contribution in [0.2, 0.25) is 0 Å². The number of nitriles is 2. The molecule has 0 radical (unpaired) electrons. The summed E-state index contributed by atoms with van der Waals surface area (Å²) in [6, 6.07) is 50.7. The van der Waals surface area contributed by atoms with Gasteiger partial charge in [-0.2, -0.15) is 10.5 Å². The Balaban J connectivity index is 1.20. The fourth-order valence-corrected chi connectivity index (χ4v) is 9.21. The third-order valence-corrected chi connectivity index (χ3v) is 11.3. The van der Waals surface area contributed by atoms with E-state index in [9.17, 15) is 10.5 Å². The molecule has 0 aliphatic heterocycles. The molecule has 0 amide bonds. The molecule has 7 aromatic carbocycles. The zero-order valence-corrected chi connectivity index (χ0v) is 27.1. The number of hydrogen-bond acceptors (Lipinski definition) is 4. The van der Waals surface area contributed by atoms with Gasteiger partial charge < -0.3 is 13.6 Å². The van der Waals surface area contributed by atoms with Crippen LogP contribution in [0.1, 0.15) is 11.1 Å². The summed E-state index contributed by atoms with van der Waals surface area (Å²) in [5.74, 6) is 0. The van der Waals surface area contributed by atoms with E-state index in [0.717, 1.165) is 76.9 Å². The average Bonchev–Trinajstić information content (AvgIpc) is 3.91. The van der Waals surface area contributed by atoms with Crippen LogP contribution in [0.25, 0.3) is 97.1 Å². The number of fused-ring (bicyclic) bond motifs is 13. The van der Waals surface area contributed by atoms with E-state index in [-0.39, 0.29) is 0 Å². The van der Waals surface area contributed by atoms with Crippen molar-refractivity contribution in [2.45, 2.75) is 0 Å². The van der Waals surface area contributed by atoms with Gasteiger partial charge in [-0.3, -0.25) is 0 Å². The van der Waals surface area contributed by atoms with Crippen LogP contribution < -0.4 is 0 Å². The van der Waals surface area contributed by atoms with Gasteiger partial charge in [-0.25, -0.2) is 0 Å². The highest BCUT2D eigenvalue weighted by Crippen LogP contribution is 2.44. The molecule has 50 heavy (non-hydrogen) atoms. The highest BCUT2D eigenvalue weighted by atomic mass is 32.1. The summed E-state index contributed by atoms with van der Waals surface area (Å²) in [5, 5.41) is 28.3. The molecule has 0 atom stereocenters. The number of furan rings is 1. The normalized spacial score (nSPS) is 12.0. The van der Waals surface area contributed by atoms with E-state index >= 15 is 0 Å². The number of thiophene rings is 1. The van der Waals surface area contributed by atoms with Crippen molar-refractivity contribution in [2.75, 3.05) is 0 Å². The SMILES string of the molecule is N#Cc1ccc2c(c1)c1ccccc1n2-c1ccc2oc3ccc(-n4c5ccc(C#N)cc5c5ccc6c7ccccc7sc6c54)cc3c2c1. The largest absolute Gasteiger partial charge is 0.456 e. The summed E-state index contributed by atoms with van der Waals surface area (Å²) in [6.07, 6.45) is 0. The Hall–Kier alpha value is -6.86. The molecule has 0 N–H and O–H groups in total. The van der Waals surface area contributed by atoms with E-state index in [1.54, 1.807) is 0 Å². The van der Waals surface area contributed by atoms with Crippen molar-refractivity contribution < 1.29 is 4.42 Å². The summed E-state index contributed by atoms with van der Waals surface area (Å²) >= 11 is 1.81. The molecular formula is C44H22N4OS. The predicted molar refractivity (Wildman–Crippen MR) is 205 cm³/mol. The van der Waals surface area contributed by atoms with Crippen molar-refractivity contribution in [3.63, 3.8) is 0 Å². The van der Waals surface area contributed by atoms with Gasteiger partial charge in [0.05, 0.1) is 50.0 Å². The lowest BCUT2D eigenvalue weighted by Gasteiger charge is -2.09. The van der Waals surface area contributed by atoms with Gasteiger partial charge in [0, 0.05) is 59.2 Å². The molecule has 0 unspecified atom stereocenters. The van der Waals surface area contributed by atoms with E-state index in [1.165, 1.54) is 20.2 Å². The van der Waals surface area contributed by atoms with Crippen molar-refractivity contribution in [3.05, 3.63) is 145 Å². The van der Waals surface area contributed by atoms with Crippen molar-refractivity contribution in [2.24, 2.45) is 0 Å². The van der Waals surface area contributed by atoms with E-state index < -0.39 is 0 Å². The molecular weight excluding hydrogens is 633 g/mol. The molecule has 0 aliphatic carbocycles. The summed E-state index contributed by atoms with van der Waals surface area (Å²) in [6.45, 7) is 0. The first-order valence-electron chi connectivity index (χ1n) is 16.4. The number of rotatable bonds is 2. The molecule has 230 valence electrons. The van der Waals surface area contributed by atoms with Gasteiger partial charge in [-0.15, -0.1) is 11.3 Å². The third-order valence-electron chi connectivity index (χ3n) is 10.2. The van der Waals surface area contributed by atoms with E-state index in [0.29, 0.717) is 11.1 Å². The van der Waals surface area contributed by atoms with Gasteiger partial charge in [-0.1, -0.05) is 48.5 Å². The van der Waals surface area contributed by atoms with Crippen molar-refractivity contribution in [1.82, 2.24) is 9.13 Å². The van der Waals surface area contributed by atoms with E-state index in [4.69, 9.17) is 4.42 Å². The summed E-state index contributed by atoms with van der Waals surface area (Å²) in [5.41, 5.74) is 9.31. The second-order valence-corrected chi connectivity index (χ2v) is 13.8. The van der Waals surface area contributed by atoms with Crippen molar-refractivity contribution in [3.8, 4) is 23.5 Å². The summed E-state index contributed by atoms with van der Waals surface area (Å²) in [7, 11) is 0. The maximum Gasteiger partial charge on any atom is 0.135 e. The Bertz CT molecular complexity index is 3360. The van der Waals surface area contributed by atoms with Crippen LogP contribution in [-0.2, 0) is 0 Å². The van der Waals surface area contributed by atoms with E-state index in [1.807, 2.05) is 47.7 Å². The topological polar surface area (TPSA) is 70.6 Å². The molecule has 0 spiro atoms. The molecule has 5 nitrogen and oxygen atoms in total. The van der Waals surface area contributed by atoms with Crippen LogP contribution >= 0.6 is 11.3 Å². The molecule has 0 bridgehead atoms. The maximum absolute atomic E-state index is 9.81. The molecule has 6 heteroatoms. The van der Waals surface area contributed by atoms with Crippen LogP contribution in [0.15, 0.2) is 138 Å². The lowest BCUT2D eigenvalue weighted by atomic mass is 10.1. The number of benzene rings is 7. The van der Waals surface area contributed by atoms with Crippen molar-refractivity contribution >= 4 is 97.1 Å². The van der Waals surface area contributed by atoms with Gasteiger partial charge in [0.25, 0.3) is 0 Å². The number of hydrogen-bond donors (Lipinski definition) is 0. The minimum Gasteiger partial charge on any atom is -0.456 e. The first-order chi connectivity index (χ1) is 24.7. The van der Waals surface area contributed by atoms with Gasteiger partial charge in [0.15, 0.2) is 0 Å². The summed E-state index contributed by atoms with van der Waals surface area (Å²) in [4.78, 5) is 0. The number of aromatic nitrogens is 2. The molecule has 0 saturated carbocycles. The smallest absolute Gasteiger partial charge is 0.135 e. The molecule has 4 aromatic heterocycles. The fraction of sp³-hybridized carbons (Fsp3) is 0. The third kappa shape index (κ3) is 3.58. The molecule has 11 aromatic rings. The highest BCUT2D eigenvalue weighted by Gasteiger charge is 2.20. The lowest BCUT2D eigenvalue weighted by molar-refractivity contribution is 0.669. The second kappa shape index (κ2) is 9.84. The minimum atomic E-state index is 0.644. The molecule has 0 fully saturated rings. The zero-order valence-electron chi connectivity index (χ0n) is 26.3. The minimum absolute atomic E-state index is 0.644. The highest BCUT2D eigenvalue weighted by molar-refractivity contribution is 7.26. The van der Waals surface area contributed by atoms with Crippen LogP contribution in [-0.4, -0.2) is 9.13 Å². The van der Waals surface area contributed by atoms with Gasteiger partial charge in [-0.05, 0) is 84.9 Å². The molecule has 0 saturated heterocycles. The maximum atomic E-state index is 9.81. The monoisotopic (exact) mass is 654 g/mol. The second-order valence-electron chi connectivity index (χ2n) is 12.8. The van der Waals surface area contributed by atoms with Gasteiger partial charge in [0.1, 0.15) is 11.2 Å². The lowest BCUT2D eigenvalue weighted by Crippen LogP contribution is -1.94. The quantitative estimate of drug-likeness (QED) is 0.186. The standard InChI is InChI=1S/C44H22N4OS/c45-23-25-9-15-38-33(19-25)29-5-1-3-7-37(29)47(38)27-11-17-40-35(21-27)36-22-28(12-18-41(36)49-40)48-39-16-10-26(24-46)20-34(39)31-13-14-32-30-6-2-4-8-42(30)50-44(32)43(31)48/h1-22H. The average molecular weight is 655 g/mol. The van der Waals surface area contributed by atoms with Crippen LogP contribution in [0.4, 0.5) is 0 Å². The van der Waals surface area contributed by atoms with Gasteiger partial charge >= 0.3 is 0 Å². The first-order valence-corrected chi connectivity index (χ1v) is 17.2. The molecule has 11 rings (SSSR count). The Morgan fingerprint density at radius 1 is 0.460 bits per heavy atom.